The molecular formula is C20H25NO2. The van der Waals surface area contributed by atoms with E-state index in [1.165, 1.54) is 0 Å². The number of para-hydroxylation sites is 2. The van der Waals surface area contributed by atoms with E-state index in [9.17, 15) is 4.79 Å². The third kappa shape index (κ3) is 5.44. The van der Waals surface area contributed by atoms with E-state index in [1.54, 1.807) is 6.07 Å². The van der Waals surface area contributed by atoms with Gasteiger partial charge in [0.15, 0.2) is 0 Å². The second kappa shape index (κ2) is 8.37. The number of benzene rings is 2. The maximum atomic E-state index is 12.5. The molecule has 0 aliphatic rings. The summed E-state index contributed by atoms with van der Waals surface area (Å²) in [5.41, 5.74) is 0.563. The number of ether oxygens (including phenoxy) is 1. The first kappa shape index (κ1) is 17.1. The summed E-state index contributed by atoms with van der Waals surface area (Å²) >= 11 is 0. The molecule has 1 atom stereocenters. The van der Waals surface area contributed by atoms with Gasteiger partial charge in [0.05, 0.1) is 5.56 Å². The van der Waals surface area contributed by atoms with Gasteiger partial charge in [-0.05, 0) is 49.9 Å². The molecule has 0 saturated carbocycles. The lowest BCUT2D eigenvalue weighted by Crippen LogP contribution is -2.32. The largest absolute Gasteiger partial charge is 0.457 e. The molecule has 0 aliphatic carbocycles. The minimum absolute atomic E-state index is 0.0900. The molecule has 2 rings (SSSR count). The van der Waals surface area contributed by atoms with Crippen molar-refractivity contribution in [2.45, 2.75) is 39.7 Å². The van der Waals surface area contributed by atoms with Gasteiger partial charge in [-0.3, -0.25) is 4.79 Å². The van der Waals surface area contributed by atoms with Crippen molar-refractivity contribution in [3.63, 3.8) is 0 Å². The summed E-state index contributed by atoms with van der Waals surface area (Å²) in [6.45, 7) is 6.43. The Morgan fingerprint density at radius 2 is 1.61 bits per heavy atom. The summed E-state index contributed by atoms with van der Waals surface area (Å²) in [6.07, 6.45) is 2.08. The highest BCUT2D eigenvalue weighted by atomic mass is 16.5. The Hall–Kier alpha value is -2.29. The Kier molecular flexibility index (Phi) is 6.21. The molecule has 1 N–H and O–H groups in total. The van der Waals surface area contributed by atoms with Gasteiger partial charge in [0, 0.05) is 6.04 Å². The second-order valence-electron chi connectivity index (χ2n) is 6.26. The zero-order chi connectivity index (χ0) is 16.7. The van der Waals surface area contributed by atoms with Gasteiger partial charge in [-0.25, -0.2) is 0 Å². The molecule has 2 aromatic carbocycles. The van der Waals surface area contributed by atoms with E-state index in [2.05, 4.69) is 19.2 Å². The third-order valence-corrected chi connectivity index (χ3v) is 3.66. The van der Waals surface area contributed by atoms with Crippen molar-refractivity contribution in [2.24, 2.45) is 5.92 Å². The first-order valence-electron chi connectivity index (χ1n) is 8.19. The fourth-order valence-electron chi connectivity index (χ4n) is 2.32. The first-order valence-corrected chi connectivity index (χ1v) is 8.19. The van der Waals surface area contributed by atoms with Crippen molar-refractivity contribution in [3.8, 4) is 11.5 Å². The molecule has 0 bridgehead atoms. The van der Waals surface area contributed by atoms with Crippen LogP contribution in [-0.4, -0.2) is 11.9 Å². The van der Waals surface area contributed by atoms with Crippen LogP contribution < -0.4 is 10.1 Å². The normalized spacial score (nSPS) is 12.0. The predicted octanol–water partition coefficient (Wildman–Crippen LogP) is 5.03. The number of hydrogen-bond donors (Lipinski definition) is 1. The zero-order valence-electron chi connectivity index (χ0n) is 14.1. The van der Waals surface area contributed by atoms with Crippen LogP contribution in [0.3, 0.4) is 0 Å². The molecule has 122 valence electrons. The van der Waals surface area contributed by atoms with Crippen molar-refractivity contribution < 1.29 is 9.53 Å². The summed E-state index contributed by atoms with van der Waals surface area (Å²) in [4.78, 5) is 12.5. The van der Waals surface area contributed by atoms with Crippen molar-refractivity contribution in [2.75, 3.05) is 0 Å². The van der Waals surface area contributed by atoms with Crippen LogP contribution >= 0.6 is 0 Å². The zero-order valence-corrected chi connectivity index (χ0v) is 14.1. The lowest BCUT2D eigenvalue weighted by atomic mass is 10.0. The molecule has 0 spiro atoms. The average molecular weight is 311 g/mol. The molecule has 0 aliphatic heterocycles. The molecule has 0 unspecified atom stereocenters. The smallest absolute Gasteiger partial charge is 0.255 e. The Bertz CT molecular complexity index is 623. The van der Waals surface area contributed by atoms with Crippen molar-refractivity contribution in [1.82, 2.24) is 5.32 Å². The SMILES string of the molecule is CC(C)CC[C@H](C)NC(=O)c1ccccc1Oc1ccccc1. The van der Waals surface area contributed by atoms with Gasteiger partial charge in [0.1, 0.15) is 11.5 Å². The lowest BCUT2D eigenvalue weighted by molar-refractivity contribution is 0.0935. The summed E-state index contributed by atoms with van der Waals surface area (Å²) < 4.78 is 5.85. The van der Waals surface area contributed by atoms with Crippen LogP contribution in [0.1, 0.15) is 44.0 Å². The predicted molar refractivity (Wildman–Crippen MR) is 94.0 cm³/mol. The summed E-state index contributed by atoms with van der Waals surface area (Å²) in [7, 11) is 0. The van der Waals surface area contributed by atoms with Crippen LogP contribution in [0.5, 0.6) is 11.5 Å². The van der Waals surface area contributed by atoms with E-state index in [-0.39, 0.29) is 11.9 Å². The van der Waals surface area contributed by atoms with Gasteiger partial charge in [0.25, 0.3) is 5.91 Å². The van der Waals surface area contributed by atoms with Gasteiger partial charge in [-0.15, -0.1) is 0 Å². The van der Waals surface area contributed by atoms with Crippen molar-refractivity contribution in [1.29, 1.82) is 0 Å². The minimum atomic E-state index is -0.0900. The summed E-state index contributed by atoms with van der Waals surface area (Å²) in [6, 6.07) is 17.0. The highest BCUT2D eigenvalue weighted by Gasteiger charge is 2.15. The molecule has 3 nitrogen and oxygen atoms in total. The molecule has 0 saturated heterocycles. The molecule has 23 heavy (non-hydrogen) atoms. The van der Waals surface area contributed by atoms with Crippen LogP contribution in [0, 0.1) is 5.92 Å². The van der Waals surface area contributed by atoms with E-state index in [0.29, 0.717) is 17.2 Å². The number of hydrogen-bond acceptors (Lipinski definition) is 2. The number of carbonyl (C=O) groups is 1. The third-order valence-electron chi connectivity index (χ3n) is 3.66. The second-order valence-corrected chi connectivity index (χ2v) is 6.26. The fourth-order valence-corrected chi connectivity index (χ4v) is 2.32. The first-order chi connectivity index (χ1) is 11.1. The highest BCUT2D eigenvalue weighted by Crippen LogP contribution is 2.25. The number of amides is 1. The number of rotatable bonds is 7. The fraction of sp³-hybridized carbons (Fsp3) is 0.350. The maximum Gasteiger partial charge on any atom is 0.255 e. The molecule has 0 fully saturated rings. The standard InChI is InChI=1S/C20H25NO2/c1-15(2)13-14-16(3)21-20(22)18-11-7-8-12-19(18)23-17-9-5-4-6-10-17/h4-12,15-16H,13-14H2,1-3H3,(H,21,22)/t16-/m0/s1. The Morgan fingerprint density at radius 1 is 0.957 bits per heavy atom. The molecule has 3 heteroatoms. The Labute approximate surface area is 138 Å². The van der Waals surface area contributed by atoms with Crippen LogP contribution in [-0.2, 0) is 0 Å². The quantitative estimate of drug-likeness (QED) is 0.778. The number of nitrogens with one attached hydrogen (secondary N) is 1. The Balaban J connectivity index is 2.05. The van der Waals surface area contributed by atoms with Gasteiger partial charge in [-0.2, -0.15) is 0 Å². The monoisotopic (exact) mass is 311 g/mol. The Morgan fingerprint density at radius 3 is 2.30 bits per heavy atom. The van der Waals surface area contributed by atoms with Gasteiger partial charge >= 0.3 is 0 Å². The average Bonchev–Trinajstić information content (AvgIpc) is 2.54. The van der Waals surface area contributed by atoms with E-state index in [4.69, 9.17) is 4.74 Å². The van der Waals surface area contributed by atoms with Gasteiger partial charge in [-0.1, -0.05) is 44.2 Å². The number of carbonyl (C=O) groups excluding carboxylic acids is 1. The summed E-state index contributed by atoms with van der Waals surface area (Å²) in [5.74, 6) is 1.85. The van der Waals surface area contributed by atoms with Crippen molar-refractivity contribution in [3.05, 3.63) is 60.2 Å². The maximum absolute atomic E-state index is 12.5. The minimum Gasteiger partial charge on any atom is -0.457 e. The van der Waals surface area contributed by atoms with Crippen LogP contribution in [0.25, 0.3) is 0 Å². The van der Waals surface area contributed by atoms with Crippen molar-refractivity contribution >= 4 is 5.91 Å². The molecule has 0 heterocycles. The molecular weight excluding hydrogens is 286 g/mol. The van der Waals surface area contributed by atoms with Crippen LogP contribution in [0.4, 0.5) is 0 Å². The molecule has 0 radical (unpaired) electrons. The van der Waals surface area contributed by atoms with Gasteiger partial charge < -0.3 is 10.1 Å². The summed E-state index contributed by atoms with van der Waals surface area (Å²) in [5, 5.41) is 3.06. The molecule has 1 amide bonds. The van der Waals surface area contributed by atoms with Crippen LogP contribution in [0.2, 0.25) is 0 Å². The molecule has 0 aromatic heterocycles. The lowest BCUT2D eigenvalue weighted by Gasteiger charge is -2.16. The van der Waals surface area contributed by atoms with E-state index in [1.807, 2.05) is 55.5 Å². The topological polar surface area (TPSA) is 38.3 Å². The van der Waals surface area contributed by atoms with E-state index < -0.39 is 0 Å². The van der Waals surface area contributed by atoms with E-state index >= 15 is 0 Å². The van der Waals surface area contributed by atoms with Crippen LogP contribution in [0.15, 0.2) is 54.6 Å². The molecule has 2 aromatic rings. The highest BCUT2D eigenvalue weighted by molar-refractivity contribution is 5.97. The van der Waals surface area contributed by atoms with Gasteiger partial charge in [0.2, 0.25) is 0 Å². The van der Waals surface area contributed by atoms with E-state index in [0.717, 1.165) is 18.6 Å².